The number of Topliss-reactive ketones (excluding diaryl/α,β-unsaturated/α-hetero) is 1. The minimum absolute atomic E-state index is 0.132. The molecule has 2 N–H and O–H groups in total. The van der Waals surface area contributed by atoms with E-state index in [0.717, 1.165) is 5.56 Å². The Bertz CT molecular complexity index is 1090. The predicted molar refractivity (Wildman–Crippen MR) is 111 cm³/mol. The maximum absolute atomic E-state index is 14.6. The van der Waals surface area contributed by atoms with Gasteiger partial charge in [-0.3, -0.25) is 24.7 Å². The number of alkyl halides is 2. The van der Waals surface area contributed by atoms with E-state index in [9.17, 15) is 28.3 Å². The standard InChI is InChI=1S/C24H24F2N2O4/c1-13-3-2-10-27-22(13)24(25,26)19(29)8-5-14-4-6-16-15(11-14)12-18(21(16)31)17-7-9-20(30)28-23(17)32/h2-4,6,10-11,17-18,21,31H,5,7-9,12H2,1H3,(H,28,30,32). The molecular weight excluding hydrogens is 418 g/mol. The number of carbonyl (C=O) groups is 3. The van der Waals surface area contributed by atoms with Crippen LogP contribution in [-0.4, -0.2) is 27.7 Å². The molecule has 0 bridgehead atoms. The topological polar surface area (TPSA) is 96.4 Å². The average molecular weight is 442 g/mol. The molecule has 1 saturated heterocycles. The molecule has 32 heavy (non-hydrogen) atoms. The molecule has 3 unspecified atom stereocenters. The minimum atomic E-state index is -3.66. The van der Waals surface area contributed by atoms with Crippen molar-refractivity contribution in [3.05, 3.63) is 64.5 Å². The van der Waals surface area contributed by atoms with Crippen molar-refractivity contribution in [1.29, 1.82) is 0 Å². The molecule has 8 heteroatoms. The number of nitrogens with zero attached hydrogens (tertiary/aromatic N) is 1. The fourth-order valence-corrected chi connectivity index (χ4v) is 4.72. The van der Waals surface area contributed by atoms with Crippen LogP contribution in [0.1, 0.15) is 53.3 Å². The van der Waals surface area contributed by atoms with Gasteiger partial charge in [-0.25, -0.2) is 0 Å². The summed E-state index contributed by atoms with van der Waals surface area (Å²) in [7, 11) is 0. The molecule has 1 aliphatic carbocycles. The first-order valence-corrected chi connectivity index (χ1v) is 10.6. The molecule has 0 saturated carbocycles. The van der Waals surface area contributed by atoms with Crippen LogP contribution < -0.4 is 5.32 Å². The summed E-state index contributed by atoms with van der Waals surface area (Å²) in [6.45, 7) is 1.49. The second kappa shape index (κ2) is 8.50. The van der Waals surface area contributed by atoms with E-state index in [0.29, 0.717) is 24.0 Å². The normalized spacial score (nSPS) is 23.1. The highest BCUT2D eigenvalue weighted by molar-refractivity contribution is 5.98. The molecule has 1 fully saturated rings. The lowest BCUT2D eigenvalue weighted by atomic mass is 9.82. The molecule has 1 aromatic heterocycles. The highest BCUT2D eigenvalue weighted by Crippen LogP contribution is 2.43. The van der Waals surface area contributed by atoms with E-state index in [1.807, 2.05) is 6.07 Å². The van der Waals surface area contributed by atoms with Gasteiger partial charge < -0.3 is 5.11 Å². The lowest BCUT2D eigenvalue weighted by molar-refractivity contribution is -0.145. The number of piperidine rings is 1. The van der Waals surface area contributed by atoms with Gasteiger partial charge in [0.1, 0.15) is 5.69 Å². The van der Waals surface area contributed by atoms with Crippen molar-refractivity contribution in [3.8, 4) is 0 Å². The molecule has 4 rings (SSSR count). The number of carbonyl (C=O) groups excluding carboxylic acids is 3. The van der Waals surface area contributed by atoms with E-state index in [4.69, 9.17) is 0 Å². The average Bonchev–Trinajstić information content (AvgIpc) is 3.07. The van der Waals surface area contributed by atoms with E-state index in [1.165, 1.54) is 19.2 Å². The van der Waals surface area contributed by atoms with Gasteiger partial charge in [0.15, 0.2) is 0 Å². The number of ketones is 1. The SMILES string of the molecule is Cc1cccnc1C(F)(F)C(=O)CCc1ccc2c(c1)CC(C1CCC(=O)NC1=O)C2O. The van der Waals surface area contributed by atoms with Crippen LogP contribution in [0.15, 0.2) is 36.5 Å². The summed E-state index contributed by atoms with van der Waals surface area (Å²) in [5.41, 5.74) is 1.99. The van der Waals surface area contributed by atoms with Crippen LogP contribution in [0.3, 0.4) is 0 Å². The van der Waals surface area contributed by atoms with Gasteiger partial charge >= 0.3 is 5.92 Å². The summed E-state index contributed by atoms with van der Waals surface area (Å²) in [5, 5.41) is 13.0. The van der Waals surface area contributed by atoms with E-state index in [1.54, 1.807) is 18.2 Å². The molecule has 2 aromatic rings. The van der Waals surface area contributed by atoms with Gasteiger partial charge in [0.05, 0.1) is 6.10 Å². The highest BCUT2D eigenvalue weighted by atomic mass is 19.3. The zero-order valence-corrected chi connectivity index (χ0v) is 17.6. The second-order valence-corrected chi connectivity index (χ2v) is 8.57. The van der Waals surface area contributed by atoms with Crippen LogP contribution in [-0.2, 0) is 33.1 Å². The Morgan fingerprint density at radius 2 is 2.06 bits per heavy atom. The van der Waals surface area contributed by atoms with Gasteiger partial charge in [-0.1, -0.05) is 24.3 Å². The Labute approximate surface area is 184 Å². The number of benzene rings is 1. The highest BCUT2D eigenvalue weighted by Gasteiger charge is 2.43. The molecule has 1 aromatic carbocycles. The van der Waals surface area contributed by atoms with E-state index in [2.05, 4.69) is 10.3 Å². The number of amides is 2. The molecule has 2 heterocycles. The Morgan fingerprint density at radius 3 is 2.78 bits per heavy atom. The van der Waals surface area contributed by atoms with Crippen LogP contribution in [0.5, 0.6) is 0 Å². The van der Waals surface area contributed by atoms with Crippen LogP contribution in [0.2, 0.25) is 0 Å². The molecule has 0 radical (unpaired) electrons. The number of aryl methyl sites for hydroxylation is 2. The third-order valence-electron chi connectivity index (χ3n) is 6.48. The van der Waals surface area contributed by atoms with E-state index >= 15 is 0 Å². The summed E-state index contributed by atoms with van der Waals surface area (Å²) >= 11 is 0. The van der Waals surface area contributed by atoms with Crippen LogP contribution in [0.4, 0.5) is 8.78 Å². The summed E-state index contributed by atoms with van der Waals surface area (Å²) in [6, 6.07) is 8.29. The van der Waals surface area contributed by atoms with Gasteiger partial charge in [0.2, 0.25) is 17.6 Å². The number of hydrogen-bond donors (Lipinski definition) is 2. The minimum Gasteiger partial charge on any atom is -0.388 e. The largest absolute Gasteiger partial charge is 0.388 e. The number of aliphatic hydroxyl groups excluding tert-OH is 1. The molecule has 168 valence electrons. The van der Waals surface area contributed by atoms with Crippen molar-refractivity contribution in [2.24, 2.45) is 11.8 Å². The monoisotopic (exact) mass is 442 g/mol. The first-order valence-electron chi connectivity index (χ1n) is 10.6. The summed E-state index contributed by atoms with van der Waals surface area (Å²) in [4.78, 5) is 39.6. The van der Waals surface area contributed by atoms with Gasteiger partial charge in [0.25, 0.3) is 0 Å². The smallest absolute Gasteiger partial charge is 0.347 e. The quantitative estimate of drug-likeness (QED) is 0.671. The Kier molecular flexibility index (Phi) is 5.90. The predicted octanol–water partition coefficient (Wildman–Crippen LogP) is 2.94. The number of aliphatic hydroxyl groups is 1. The summed E-state index contributed by atoms with van der Waals surface area (Å²) in [5.74, 6) is -6.32. The molecule has 2 amide bonds. The molecule has 6 nitrogen and oxygen atoms in total. The third-order valence-corrected chi connectivity index (χ3v) is 6.48. The molecule has 3 atom stereocenters. The number of rotatable bonds is 6. The first-order chi connectivity index (χ1) is 15.2. The summed E-state index contributed by atoms with van der Waals surface area (Å²) < 4.78 is 29.2. The van der Waals surface area contributed by atoms with Crippen LogP contribution in [0.25, 0.3) is 0 Å². The van der Waals surface area contributed by atoms with Crippen molar-refractivity contribution in [2.45, 2.75) is 51.1 Å². The van der Waals surface area contributed by atoms with Crippen molar-refractivity contribution >= 4 is 17.6 Å². The van der Waals surface area contributed by atoms with Crippen molar-refractivity contribution in [2.75, 3.05) is 0 Å². The number of nitrogens with one attached hydrogen (secondary N) is 1. The molecular formula is C24H24F2N2O4. The van der Waals surface area contributed by atoms with Crippen LogP contribution >= 0.6 is 0 Å². The number of imide groups is 1. The lowest BCUT2D eigenvalue weighted by Gasteiger charge is -2.28. The Morgan fingerprint density at radius 1 is 1.28 bits per heavy atom. The maximum Gasteiger partial charge on any atom is 0.347 e. The van der Waals surface area contributed by atoms with Gasteiger partial charge in [0, 0.05) is 30.9 Å². The van der Waals surface area contributed by atoms with Crippen molar-refractivity contribution in [1.82, 2.24) is 10.3 Å². The number of fused-ring (bicyclic) bond motifs is 1. The fourth-order valence-electron chi connectivity index (χ4n) is 4.72. The number of halogens is 2. The molecule has 0 spiro atoms. The zero-order chi connectivity index (χ0) is 23.0. The van der Waals surface area contributed by atoms with Gasteiger partial charge in [-0.15, -0.1) is 0 Å². The first kappa shape index (κ1) is 22.2. The van der Waals surface area contributed by atoms with Gasteiger partial charge in [-0.05, 0) is 54.5 Å². The molecule has 1 aliphatic heterocycles. The fraction of sp³-hybridized carbons (Fsp3) is 0.417. The second-order valence-electron chi connectivity index (χ2n) is 8.57. The van der Waals surface area contributed by atoms with Crippen molar-refractivity contribution < 1.29 is 28.3 Å². The number of aromatic nitrogens is 1. The Hall–Kier alpha value is -3.00. The summed E-state index contributed by atoms with van der Waals surface area (Å²) in [6.07, 6.45) is 1.29. The van der Waals surface area contributed by atoms with Crippen molar-refractivity contribution in [3.63, 3.8) is 0 Å². The number of pyridine rings is 1. The third kappa shape index (κ3) is 4.07. The van der Waals surface area contributed by atoms with E-state index in [-0.39, 0.29) is 42.6 Å². The number of hydrogen-bond acceptors (Lipinski definition) is 5. The van der Waals surface area contributed by atoms with E-state index < -0.39 is 29.4 Å². The maximum atomic E-state index is 14.6. The Balaban J connectivity index is 1.44. The van der Waals surface area contributed by atoms with Crippen LogP contribution in [0, 0.1) is 18.8 Å². The zero-order valence-electron chi connectivity index (χ0n) is 17.6. The molecule has 2 aliphatic rings. The lowest BCUT2D eigenvalue weighted by Crippen LogP contribution is -2.44. The van der Waals surface area contributed by atoms with Gasteiger partial charge in [-0.2, -0.15) is 8.78 Å².